The van der Waals surface area contributed by atoms with Gasteiger partial charge < -0.3 is 25.2 Å². The first-order chi connectivity index (χ1) is 25.4. The van der Waals surface area contributed by atoms with Crippen LogP contribution in [-0.2, 0) is 22.2 Å². The molecule has 3 heterocycles. The summed E-state index contributed by atoms with van der Waals surface area (Å²) in [5.41, 5.74) is -4.37. The van der Waals surface area contributed by atoms with Crippen molar-refractivity contribution < 1.29 is 41.7 Å². The van der Waals surface area contributed by atoms with E-state index < -0.39 is 47.1 Å². The van der Waals surface area contributed by atoms with E-state index in [0.29, 0.717) is 29.5 Å². The molecule has 0 bridgehead atoms. The fourth-order valence-corrected chi connectivity index (χ4v) is 6.31. The van der Waals surface area contributed by atoms with E-state index in [0.717, 1.165) is 36.6 Å². The minimum absolute atomic E-state index is 0.00417. The van der Waals surface area contributed by atoms with Gasteiger partial charge in [0.1, 0.15) is 40.5 Å². The van der Waals surface area contributed by atoms with E-state index in [1.54, 1.807) is 18.3 Å². The number of hydrogen-bond donors (Lipinski definition) is 3. The summed E-state index contributed by atoms with van der Waals surface area (Å²) in [4.78, 5) is 35.8. The molecule has 5 aromatic rings. The maximum Gasteiger partial charge on any atom is 0.424 e. The quantitative estimate of drug-likeness (QED) is 0.0984. The Morgan fingerprint density at radius 1 is 1.00 bits per heavy atom. The van der Waals surface area contributed by atoms with Crippen LogP contribution < -0.4 is 20.1 Å². The van der Waals surface area contributed by atoms with Crippen LogP contribution in [0.15, 0.2) is 91.1 Å². The van der Waals surface area contributed by atoms with E-state index in [9.17, 15) is 19.1 Å². The molecule has 1 fully saturated rings. The molecule has 2 amide bonds. The Bertz CT molecular complexity index is 2160. The normalized spacial score (nSPS) is 17.8. The highest BCUT2D eigenvalue weighted by atomic mass is 19.4. The summed E-state index contributed by atoms with van der Waals surface area (Å²) in [6.07, 6.45) is -0.860. The van der Waals surface area contributed by atoms with Crippen LogP contribution in [0.2, 0.25) is 0 Å². The summed E-state index contributed by atoms with van der Waals surface area (Å²) in [6, 6.07) is 21.8. The molecule has 3 N–H and O–H groups in total. The van der Waals surface area contributed by atoms with Gasteiger partial charge in [-0.2, -0.15) is 13.2 Å². The first-order valence-corrected chi connectivity index (χ1v) is 17.3. The molecule has 1 aliphatic heterocycles. The predicted octanol–water partition coefficient (Wildman–Crippen LogP) is 6.56. The van der Waals surface area contributed by atoms with Gasteiger partial charge in [-0.25, -0.2) is 9.37 Å². The number of nitrogens with zero attached hydrogens (tertiary/aromatic N) is 2. The Morgan fingerprint density at radius 2 is 1.75 bits per heavy atom. The number of aryl methyl sites for hydroxylation is 1. The molecular formula is C40H36F4N4O5. The van der Waals surface area contributed by atoms with Crippen LogP contribution in [0.4, 0.5) is 17.6 Å². The number of halogens is 4. The van der Waals surface area contributed by atoms with Gasteiger partial charge in [-0.15, -0.1) is 0 Å². The summed E-state index contributed by atoms with van der Waals surface area (Å²) in [5, 5.41) is 17.2. The molecule has 2 aliphatic rings. The molecule has 1 saturated carbocycles. The number of carbonyl (C=O) groups is 2. The van der Waals surface area contributed by atoms with Crippen LogP contribution in [0.5, 0.6) is 11.5 Å². The molecule has 274 valence electrons. The lowest BCUT2D eigenvalue weighted by Crippen LogP contribution is -2.52. The molecule has 0 saturated heterocycles. The molecule has 2 atom stereocenters. The molecular weight excluding hydrogens is 692 g/mol. The third kappa shape index (κ3) is 7.25. The van der Waals surface area contributed by atoms with Crippen LogP contribution in [0.1, 0.15) is 53.4 Å². The molecule has 7 rings (SSSR count). The number of hydrogen-bond acceptors (Lipinski definition) is 7. The number of nitrogens with one attached hydrogen (secondary N) is 2. The summed E-state index contributed by atoms with van der Waals surface area (Å²) in [5.74, 6) is -1.63. The Kier molecular flexibility index (Phi) is 9.54. The van der Waals surface area contributed by atoms with E-state index in [2.05, 4.69) is 20.6 Å². The van der Waals surface area contributed by atoms with Crippen molar-refractivity contribution in [2.24, 2.45) is 0 Å². The number of alkyl halides is 3. The zero-order valence-electron chi connectivity index (χ0n) is 28.7. The van der Waals surface area contributed by atoms with Crippen LogP contribution in [0.25, 0.3) is 22.2 Å². The lowest BCUT2D eigenvalue weighted by atomic mass is 9.81. The number of aliphatic hydroxyl groups is 1. The van der Waals surface area contributed by atoms with Gasteiger partial charge >= 0.3 is 6.18 Å². The minimum atomic E-state index is -5.36. The average molecular weight is 729 g/mol. The Balaban J connectivity index is 1.21. The molecule has 3 aromatic carbocycles. The maximum absolute atomic E-state index is 15.1. The molecule has 13 heteroatoms. The topological polar surface area (TPSA) is 123 Å². The van der Waals surface area contributed by atoms with E-state index in [4.69, 9.17) is 9.47 Å². The number of pyridine rings is 2. The first-order valence-electron chi connectivity index (χ1n) is 17.3. The van der Waals surface area contributed by atoms with E-state index >= 15 is 13.2 Å². The minimum Gasteiger partial charge on any atom is -0.489 e. The molecule has 0 unspecified atom stereocenters. The van der Waals surface area contributed by atoms with Gasteiger partial charge in [0.15, 0.2) is 0 Å². The molecule has 9 nitrogen and oxygen atoms in total. The second-order valence-electron chi connectivity index (χ2n) is 13.6. The third-order valence-corrected chi connectivity index (χ3v) is 9.61. The second kappa shape index (κ2) is 14.1. The Labute approximate surface area is 302 Å². The van der Waals surface area contributed by atoms with Crippen molar-refractivity contribution in [2.75, 3.05) is 19.7 Å². The van der Waals surface area contributed by atoms with Gasteiger partial charge in [0.25, 0.3) is 5.91 Å². The number of ether oxygens (including phenoxy) is 2. The Morgan fingerprint density at radius 3 is 2.47 bits per heavy atom. The lowest BCUT2D eigenvalue weighted by Gasteiger charge is -2.31. The lowest BCUT2D eigenvalue weighted by molar-refractivity contribution is -0.265. The number of aromatic nitrogens is 2. The van der Waals surface area contributed by atoms with E-state index in [1.165, 1.54) is 31.2 Å². The highest BCUT2D eigenvalue weighted by Gasteiger charge is 2.58. The fraction of sp³-hybridized carbons (Fsp3) is 0.300. The van der Waals surface area contributed by atoms with Crippen LogP contribution in [0, 0.1) is 5.82 Å². The van der Waals surface area contributed by atoms with Crippen molar-refractivity contribution in [1.82, 2.24) is 20.6 Å². The number of benzene rings is 3. The first kappa shape index (κ1) is 35.8. The molecule has 1 aliphatic carbocycles. The van der Waals surface area contributed by atoms with Crippen LogP contribution in [-0.4, -0.2) is 58.9 Å². The zero-order chi connectivity index (χ0) is 37.4. The highest BCUT2D eigenvalue weighted by molar-refractivity contribution is 6.00. The van der Waals surface area contributed by atoms with Gasteiger partial charge in [0.2, 0.25) is 11.5 Å². The highest BCUT2D eigenvalue weighted by Crippen LogP contribution is 2.48. The summed E-state index contributed by atoms with van der Waals surface area (Å²) in [7, 11) is 0. The van der Waals surface area contributed by atoms with Crippen molar-refractivity contribution in [3.05, 3.63) is 119 Å². The molecule has 0 spiro atoms. The largest absolute Gasteiger partial charge is 0.489 e. The number of fused-ring (bicyclic) bond motifs is 2. The van der Waals surface area contributed by atoms with Crippen molar-refractivity contribution in [3.63, 3.8) is 0 Å². The molecule has 0 radical (unpaired) electrons. The van der Waals surface area contributed by atoms with Gasteiger partial charge in [0, 0.05) is 34.8 Å². The maximum atomic E-state index is 15.1. The van der Waals surface area contributed by atoms with Crippen LogP contribution >= 0.6 is 0 Å². The van der Waals surface area contributed by atoms with Crippen molar-refractivity contribution in [2.45, 2.75) is 55.9 Å². The predicted molar refractivity (Wildman–Crippen MR) is 188 cm³/mol. The van der Waals surface area contributed by atoms with Crippen molar-refractivity contribution >= 4 is 22.7 Å². The summed E-state index contributed by atoms with van der Waals surface area (Å²) in [6.45, 7) is 0.276. The zero-order valence-corrected chi connectivity index (χ0v) is 28.7. The van der Waals surface area contributed by atoms with Gasteiger partial charge in [-0.3, -0.25) is 14.6 Å². The monoisotopic (exact) mass is 728 g/mol. The van der Waals surface area contributed by atoms with Gasteiger partial charge in [0.05, 0.1) is 18.3 Å². The summed E-state index contributed by atoms with van der Waals surface area (Å²) >= 11 is 0. The summed E-state index contributed by atoms with van der Waals surface area (Å²) < 4.78 is 71.0. The van der Waals surface area contributed by atoms with Gasteiger partial charge in [-0.05, 0) is 86.7 Å². The second-order valence-corrected chi connectivity index (χ2v) is 13.6. The molecule has 2 aromatic heterocycles. The number of carbonyl (C=O) groups excluding carboxylic acids is 2. The fourth-order valence-electron chi connectivity index (χ4n) is 6.31. The number of amides is 2. The Hall–Kier alpha value is -5.56. The standard InChI is InChI=1S/C40H36F4N4O5/c1-38(37(50)46-18-5-9-24-7-3-2-4-8-24)23-52-35-30(38)21-32(48-34(35)25-11-13-28(41)14-12-25)39(51,40(42,43)44)22-47-36(49)27-19-26-10-6-17-45-33(26)31(20-27)53-29-15-16-29/h2-4,6-8,10-14,17,19-21,29,51H,5,9,15-16,18,22-23H2,1H3,(H,46,50)(H,47,49)/t38-,39-/m0/s1. The van der Waals surface area contributed by atoms with Crippen LogP contribution in [0.3, 0.4) is 0 Å². The van der Waals surface area contributed by atoms with E-state index in [-0.39, 0.29) is 47.4 Å². The average Bonchev–Trinajstić information content (AvgIpc) is 3.91. The SMILES string of the molecule is C[C@]1(C(=O)NCCCc2ccccc2)COc2c1cc([C@@](O)(CNC(=O)c1cc(OC3CC3)c3ncccc3c1)C(F)(F)F)nc2-c1ccc(F)cc1. The van der Waals surface area contributed by atoms with E-state index in [1.807, 2.05) is 30.3 Å². The van der Waals surface area contributed by atoms with Crippen molar-refractivity contribution in [3.8, 4) is 22.8 Å². The van der Waals surface area contributed by atoms with Crippen molar-refractivity contribution in [1.29, 1.82) is 0 Å². The smallest absolute Gasteiger partial charge is 0.424 e. The number of rotatable bonds is 12. The molecule has 53 heavy (non-hydrogen) atoms. The third-order valence-electron chi connectivity index (χ3n) is 9.61. The van der Waals surface area contributed by atoms with Gasteiger partial charge in [-0.1, -0.05) is 36.4 Å².